The quantitative estimate of drug-likeness (QED) is 0.360. The number of likely N-dealkylation sites (tertiary alicyclic amines) is 1. The fraction of sp³-hybridized carbons (Fsp3) is 0.636. The molecule has 0 aromatic heterocycles. The zero-order chi connectivity index (χ0) is 19.9. The third-order valence-corrected chi connectivity index (χ3v) is 5.53. The van der Waals surface area contributed by atoms with Crippen molar-refractivity contribution in [2.75, 3.05) is 33.3 Å². The van der Waals surface area contributed by atoms with Crippen LogP contribution < -0.4 is 10.6 Å². The van der Waals surface area contributed by atoms with E-state index < -0.39 is 0 Å². The smallest absolute Gasteiger partial charge is 0.251 e. The molecule has 0 aliphatic carbocycles. The minimum atomic E-state index is -0.0413. The first-order chi connectivity index (χ1) is 13.5. The number of guanidine groups is 1. The van der Waals surface area contributed by atoms with Gasteiger partial charge in [-0.1, -0.05) is 26.0 Å². The number of hydrogen-bond acceptors (Lipinski definition) is 3. The van der Waals surface area contributed by atoms with E-state index in [9.17, 15) is 4.79 Å². The van der Waals surface area contributed by atoms with E-state index in [4.69, 9.17) is 4.74 Å². The second-order valence-electron chi connectivity index (χ2n) is 8.30. The molecule has 1 aromatic rings. The van der Waals surface area contributed by atoms with E-state index >= 15 is 0 Å². The molecule has 0 spiro atoms. The van der Waals surface area contributed by atoms with E-state index in [1.807, 2.05) is 31.3 Å². The lowest BCUT2D eigenvalue weighted by Gasteiger charge is -2.37. The Morgan fingerprint density at radius 2 is 2.00 bits per heavy atom. The Hall–Kier alpha value is -1.35. The summed E-state index contributed by atoms with van der Waals surface area (Å²) in [5, 5.41) is 6.45. The van der Waals surface area contributed by atoms with Crippen LogP contribution in [-0.2, 0) is 11.3 Å². The normalized spacial score (nSPS) is 24.7. The number of carbonyl (C=O) groups excluding carboxylic acids is 1. The summed E-state index contributed by atoms with van der Waals surface area (Å²) in [5.74, 6) is 2.25. The lowest BCUT2D eigenvalue weighted by molar-refractivity contribution is 0.0857. The molecule has 2 heterocycles. The number of carbonyl (C=O) groups is 1. The van der Waals surface area contributed by atoms with Crippen molar-refractivity contribution in [3.63, 3.8) is 0 Å². The van der Waals surface area contributed by atoms with Gasteiger partial charge in [0.05, 0.1) is 6.10 Å². The molecule has 162 valence electrons. The fourth-order valence-electron chi connectivity index (χ4n) is 4.29. The van der Waals surface area contributed by atoms with Crippen molar-refractivity contribution in [1.29, 1.82) is 0 Å². The van der Waals surface area contributed by atoms with Crippen molar-refractivity contribution in [2.24, 2.45) is 16.8 Å². The molecule has 2 saturated heterocycles. The van der Waals surface area contributed by atoms with Gasteiger partial charge in [-0.15, -0.1) is 24.0 Å². The Balaban J connectivity index is 0.00000300. The van der Waals surface area contributed by atoms with E-state index in [0.717, 1.165) is 44.1 Å². The number of amides is 1. The molecule has 3 atom stereocenters. The highest BCUT2D eigenvalue weighted by molar-refractivity contribution is 14.0. The zero-order valence-electron chi connectivity index (χ0n) is 17.8. The SMILES string of the molecule is CN=C(NCc1cccc(C(=O)NCC2CCCO2)c1)N1CC(C)CC(C)C1.I. The van der Waals surface area contributed by atoms with Crippen LogP contribution in [0, 0.1) is 11.8 Å². The first kappa shape index (κ1) is 23.9. The van der Waals surface area contributed by atoms with Gasteiger partial charge in [0.25, 0.3) is 5.91 Å². The fourth-order valence-corrected chi connectivity index (χ4v) is 4.29. The summed E-state index contributed by atoms with van der Waals surface area (Å²) < 4.78 is 5.57. The first-order valence-corrected chi connectivity index (χ1v) is 10.5. The Morgan fingerprint density at radius 1 is 1.24 bits per heavy atom. The van der Waals surface area contributed by atoms with Crippen LogP contribution in [0.15, 0.2) is 29.3 Å². The summed E-state index contributed by atoms with van der Waals surface area (Å²) in [6, 6.07) is 7.79. The van der Waals surface area contributed by atoms with Crippen LogP contribution in [0.25, 0.3) is 0 Å². The molecule has 2 fully saturated rings. The molecule has 6 nitrogen and oxygen atoms in total. The summed E-state index contributed by atoms with van der Waals surface area (Å²) >= 11 is 0. The molecule has 0 saturated carbocycles. The van der Waals surface area contributed by atoms with E-state index in [2.05, 4.69) is 34.4 Å². The maximum absolute atomic E-state index is 12.4. The van der Waals surface area contributed by atoms with Crippen LogP contribution in [0.2, 0.25) is 0 Å². The number of hydrogen-bond donors (Lipinski definition) is 2. The number of benzene rings is 1. The van der Waals surface area contributed by atoms with Crippen LogP contribution in [0.1, 0.15) is 49.0 Å². The second-order valence-corrected chi connectivity index (χ2v) is 8.30. The minimum absolute atomic E-state index is 0. The maximum atomic E-state index is 12.4. The summed E-state index contributed by atoms with van der Waals surface area (Å²) in [5.41, 5.74) is 1.76. The van der Waals surface area contributed by atoms with Crippen LogP contribution >= 0.6 is 24.0 Å². The lowest BCUT2D eigenvalue weighted by Crippen LogP contribution is -2.48. The van der Waals surface area contributed by atoms with Gasteiger partial charge in [-0.25, -0.2) is 0 Å². The molecule has 7 heteroatoms. The molecular formula is C22H35IN4O2. The number of ether oxygens (including phenoxy) is 1. The Morgan fingerprint density at radius 3 is 2.66 bits per heavy atom. The lowest BCUT2D eigenvalue weighted by atomic mass is 9.92. The van der Waals surface area contributed by atoms with Gasteiger partial charge in [0, 0.05) is 45.4 Å². The van der Waals surface area contributed by atoms with Gasteiger partial charge >= 0.3 is 0 Å². The summed E-state index contributed by atoms with van der Waals surface area (Å²) in [4.78, 5) is 19.3. The van der Waals surface area contributed by atoms with Crippen LogP contribution in [0.3, 0.4) is 0 Å². The summed E-state index contributed by atoms with van der Waals surface area (Å²) in [6.07, 6.45) is 3.54. The Kier molecular flexibility index (Phi) is 9.68. The van der Waals surface area contributed by atoms with Gasteiger partial charge in [-0.3, -0.25) is 9.79 Å². The molecule has 2 aliphatic rings. The molecule has 29 heavy (non-hydrogen) atoms. The van der Waals surface area contributed by atoms with Crippen LogP contribution in [0.5, 0.6) is 0 Å². The molecule has 2 aliphatic heterocycles. The maximum Gasteiger partial charge on any atom is 0.251 e. The van der Waals surface area contributed by atoms with E-state index in [-0.39, 0.29) is 36.0 Å². The van der Waals surface area contributed by atoms with Crippen molar-refractivity contribution in [3.8, 4) is 0 Å². The monoisotopic (exact) mass is 514 g/mol. The average molecular weight is 514 g/mol. The number of halogens is 1. The number of piperidine rings is 1. The van der Waals surface area contributed by atoms with Crippen molar-refractivity contribution in [3.05, 3.63) is 35.4 Å². The number of nitrogens with zero attached hydrogens (tertiary/aromatic N) is 2. The zero-order valence-corrected chi connectivity index (χ0v) is 20.1. The molecule has 1 aromatic carbocycles. The molecule has 3 unspecified atom stereocenters. The third kappa shape index (κ3) is 7.13. The van der Waals surface area contributed by atoms with Gasteiger partial charge in [-0.2, -0.15) is 0 Å². The first-order valence-electron chi connectivity index (χ1n) is 10.5. The van der Waals surface area contributed by atoms with Crippen molar-refractivity contribution in [1.82, 2.24) is 15.5 Å². The van der Waals surface area contributed by atoms with Crippen molar-refractivity contribution < 1.29 is 9.53 Å². The highest BCUT2D eigenvalue weighted by Gasteiger charge is 2.24. The molecule has 0 radical (unpaired) electrons. The van der Waals surface area contributed by atoms with Crippen LogP contribution in [-0.4, -0.2) is 56.2 Å². The van der Waals surface area contributed by atoms with Gasteiger partial charge in [0.2, 0.25) is 0 Å². The van der Waals surface area contributed by atoms with Gasteiger partial charge in [-0.05, 0) is 48.8 Å². The third-order valence-electron chi connectivity index (χ3n) is 5.53. The predicted octanol–water partition coefficient (Wildman–Crippen LogP) is 3.27. The molecule has 3 rings (SSSR count). The Bertz CT molecular complexity index is 681. The average Bonchev–Trinajstić information content (AvgIpc) is 3.20. The topological polar surface area (TPSA) is 66.0 Å². The van der Waals surface area contributed by atoms with Crippen molar-refractivity contribution >= 4 is 35.8 Å². The highest BCUT2D eigenvalue weighted by Crippen LogP contribution is 2.21. The summed E-state index contributed by atoms with van der Waals surface area (Å²) in [7, 11) is 1.83. The van der Waals surface area contributed by atoms with Gasteiger partial charge in [0.15, 0.2) is 5.96 Å². The highest BCUT2D eigenvalue weighted by atomic mass is 127. The number of nitrogens with one attached hydrogen (secondary N) is 2. The largest absolute Gasteiger partial charge is 0.376 e. The predicted molar refractivity (Wildman–Crippen MR) is 128 cm³/mol. The molecule has 2 N–H and O–H groups in total. The minimum Gasteiger partial charge on any atom is -0.376 e. The van der Waals surface area contributed by atoms with Crippen molar-refractivity contribution in [2.45, 2.75) is 45.8 Å². The standard InChI is InChI=1S/C22H34N4O2.HI/c1-16-10-17(2)15-26(14-16)22(23-3)25-12-18-6-4-7-19(11-18)21(27)24-13-20-8-5-9-28-20;/h4,6-7,11,16-17,20H,5,8-10,12-15H2,1-3H3,(H,23,25)(H,24,27);1H. The number of aliphatic imine (C=N–C) groups is 1. The number of rotatable bonds is 5. The van der Waals surface area contributed by atoms with Crippen LogP contribution in [0.4, 0.5) is 0 Å². The van der Waals surface area contributed by atoms with E-state index in [0.29, 0.717) is 30.5 Å². The second kappa shape index (κ2) is 11.7. The van der Waals surface area contributed by atoms with E-state index in [1.54, 1.807) is 0 Å². The molecular weight excluding hydrogens is 479 g/mol. The Labute approximate surface area is 191 Å². The van der Waals surface area contributed by atoms with Gasteiger partial charge in [0.1, 0.15) is 0 Å². The summed E-state index contributed by atoms with van der Waals surface area (Å²) in [6.45, 7) is 8.71. The van der Waals surface area contributed by atoms with Gasteiger partial charge < -0.3 is 20.3 Å². The molecule has 1 amide bonds. The van der Waals surface area contributed by atoms with E-state index in [1.165, 1.54) is 6.42 Å². The molecule has 0 bridgehead atoms.